The second-order valence-corrected chi connectivity index (χ2v) is 6.72. The molecule has 0 saturated carbocycles. The van der Waals surface area contributed by atoms with Crippen molar-refractivity contribution in [3.05, 3.63) is 16.0 Å². The van der Waals surface area contributed by atoms with Gasteiger partial charge in [-0.1, -0.05) is 0 Å². The molecule has 0 radical (unpaired) electrons. The smallest absolute Gasteiger partial charge is 0.251 e. The molecule has 3 heterocycles. The van der Waals surface area contributed by atoms with Gasteiger partial charge in [-0.15, -0.1) is 11.3 Å². The zero-order chi connectivity index (χ0) is 14.8. The van der Waals surface area contributed by atoms with Crippen LogP contribution in [0.25, 0.3) is 0 Å². The third-order valence-corrected chi connectivity index (χ3v) is 5.29. The lowest BCUT2D eigenvalue weighted by Crippen LogP contribution is -2.42. The summed E-state index contributed by atoms with van der Waals surface area (Å²) in [5.41, 5.74) is 13.0. The van der Waals surface area contributed by atoms with Gasteiger partial charge >= 0.3 is 0 Å². The van der Waals surface area contributed by atoms with Crippen LogP contribution in [0.5, 0.6) is 0 Å². The number of hydrogen-bond donors (Lipinski definition) is 2. The number of thiophene rings is 1. The highest BCUT2D eigenvalue weighted by molar-refractivity contribution is 7.16. The summed E-state index contributed by atoms with van der Waals surface area (Å²) >= 11 is 1.51. The monoisotopic (exact) mass is 310 g/mol. The van der Waals surface area contributed by atoms with E-state index in [-0.39, 0.29) is 0 Å². The third-order valence-electron chi connectivity index (χ3n) is 4.25. The number of carbonyl (C=O) groups excluding carboxylic acids is 1. The van der Waals surface area contributed by atoms with Crippen LogP contribution >= 0.6 is 11.3 Å². The number of carbonyl (C=O) groups is 1. The van der Waals surface area contributed by atoms with E-state index >= 15 is 0 Å². The zero-order valence-corrected chi connectivity index (χ0v) is 13.0. The standard InChI is InChI=1S/C14H22N4O2S/c15-13(19)12-10-1-2-18(9-11(10)21-14(12)16)4-3-17-5-7-20-8-6-17/h1-9,16H2,(H2,15,19). The number of fused-ring (bicyclic) bond motifs is 1. The van der Waals surface area contributed by atoms with Crippen LogP contribution in [0.4, 0.5) is 5.00 Å². The highest BCUT2D eigenvalue weighted by Crippen LogP contribution is 2.34. The van der Waals surface area contributed by atoms with Gasteiger partial charge < -0.3 is 16.2 Å². The van der Waals surface area contributed by atoms with Gasteiger partial charge in [0.05, 0.1) is 23.8 Å². The number of hydrogen-bond acceptors (Lipinski definition) is 6. The molecule has 2 aliphatic heterocycles. The number of ether oxygens (including phenoxy) is 1. The number of nitrogens with zero attached hydrogens (tertiary/aromatic N) is 2. The van der Waals surface area contributed by atoms with Crippen LogP contribution in [0.15, 0.2) is 0 Å². The van der Waals surface area contributed by atoms with Gasteiger partial charge in [0.25, 0.3) is 5.91 Å². The van der Waals surface area contributed by atoms with Gasteiger partial charge in [0.15, 0.2) is 0 Å². The first kappa shape index (κ1) is 14.8. The van der Waals surface area contributed by atoms with Gasteiger partial charge in [-0.3, -0.25) is 14.6 Å². The maximum Gasteiger partial charge on any atom is 0.251 e. The molecule has 0 bridgehead atoms. The molecular formula is C14H22N4O2S. The number of primary amides is 1. The minimum Gasteiger partial charge on any atom is -0.390 e. The van der Waals surface area contributed by atoms with Crippen LogP contribution in [0.1, 0.15) is 20.8 Å². The van der Waals surface area contributed by atoms with Crippen molar-refractivity contribution in [2.45, 2.75) is 13.0 Å². The van der Waals surface area contributed by atoms with Crippen molar-refractivity contribution >= 4 is 22.2 Å². The van der Waals surface area contributed by atoms with E-state index < -0.39 is 5.91 Å². The first-order valence-corrected chi connectivity index (χ1v) is 8.19. The van der Waals surface area contributed by atoms with E-state index in [2.05, 4.69) is 9.80 Å². The topological polar surface area (TPSA) is 84.8 Å². The van der Waals surface area contributed by atoms with Crippen molar-refractivity contribution in [1.82, 2.24) is 9.80 Å². The van der Waals surface area contributed by atoms with E-state index in [4.69, 9.17) is 16.2 Å². The summed E-state index contributed by atoms with van der Waals surface area (Å²) in [6.07, 6.45) is 0.865. The Morgan fingerprint density at radius 1 is 1.19 bits per heavy atom. The van der Waals surface area contributed by atoms with Crippen LogP contribution in [0.3, 0.4) is 0 Å². The Morgan fingerprint density at radius 3 is 2.62 bits per heavy atom. The predicted octanol–water partition coefficient (Wildman–Crippen LogP) is 0.119. The molecular weight excluding hydrogens is 288 g/mol. The molecule has 0 aliphatic carbocycles. The quantitative estimate of drug-likeness (QED) is 0.825. The minimum atomic E-state index is -0.397. The normalized spacial score (nSPS) is 20.4. The lowest BCUT2D eigenvalue weighted by Gasteiger charge is -2.31. The number of nitrogens with two attached hydrogens (primary N) is 2. The molecule has 6 nitrogen and oxygen atoms in total. The van der Waals surface area contributed by atoms with Crippen molar-refractivity contribution < 1.29 is 9.53 Å². The van der Waals surface area contributed by atoms with Gasteiger partial charge in [0, 0.05) is 44.1 Å². The number of morpholine rings is 1. The van der Waals surface area contributed by atoms with Crippen LogP contribution < -0.4 is 11.5 Å². The number of anilines is 1. The largest absolute Gasteiger partial charge is 0.390 e. The molecule has 21 heavy (non-hydrogen) atoms. The molecule has 1 saturated heterocycles. The Bertz CT molecular complexity index is 525. The zero-order valence-electron chi connectivity index (χ0n) is 12.1. The van der Waals surface area contributed by atoms with Crippen molar-refractivity contribution in [2.24, 2.45) is 5.73 Å². The number of nitrogen functional groups attached to an aromatic ring is 1. The van der Waals surface area contributed by atoms with Crippen molar-refractivity contribution in [3.63, 3.8) is 0 Å². The van der Waals surface area contributed by atoms with E-state index in [1.54, 1.807) is 0 Å². The molecule has 4 N–H and O–H groups in total. The minimum absolute atomic E-state index is 0.397. The molecule has 2 aliphatic rings. The van der Waals surface area contributed by atoms with E-state index in [0.717, 1.165) is 64.5 Å². The molecule has 3 rings (SSSR count). The highest BCUT2D eigenvalue weighted by Gasteiger charge is 2.26. The second kappa shape index (κ2) is 6.31. The Balaban J connectivity index is 1.59. The first-order chi connectivity index (χ1) is 10.1. The van der Waals surface area contributed by atoms with Crippen molar-refractivity contribution in [2.75, 3.05) is 51.7 Å². The summed E-state index contributed by atoms with van der Waals surface area (Å²) < 4.78 is 5.37. The Kier molecular flexibility index (Phi) is 4.44. The maximum atomic E-state index is 11.5. The Labute approximate surface area is 128 Å². The molecule has 0 spiro atoms. The number of rotatable bonds is 4. The molecule has 0 atom stereocenters. The summed E-state index contributed by atoms with van der Waals surface area (Å²) in [6, 6.07) is 0. The van der Waals surface area contributed by atoms with E-state index in [9.17, 15) is 4.79 Å². The molecule has 116 valence electrons. The maximum absolute atomic E-state index is 11.5. The fraction of sp³-hybridized carbons (Fsp3) is 0.643. The van der Waals surface area contributed by atoms with Gasteiger partial charge in [-0.25, -0.2) is 0 Å². The Hall–Kier alpha value is -1.15. The fourth-order valence-electron chi connectivity index (χ4n) is 3.05. The molecule has 0 unspecified atom stereocenters. The van der Waals surface area contributed by atoms with E-state index in [1.165, 1.54) is 16.2 Å². The van der Waals surface area contributed by atoms with Crippen LogP contribution in [-0.4, -0.2) is 61.6 Å². The van der Waals surface area contributed by atoms with Gasteiger partial charge in [-0.05, 0) is 12.0 Å². The molecule has 1 fully saturated rings. The lowest BCUT2D eigenvalue weighted by molar-refractivity contribution is 0.0327. The van der Waals surface area contributed by atoms with Crippen LogP contribution in [0, 0.1) is 0 Å². The van der Waals surface area contributed by atoms with E-state index in [0.29, 0.717) is 10.6 Å². The predicted molar refractivity (Wildman–Crippen MR) is 83.5 cm³/mol. The molecule has 1 aromatic rings. The van der Waals surface area contributed by atoms with Gasteiger partial charge in [0.2, 0.25) is 0 Å². The summed E-state index contributed by atoms with van der Waals surface area (Å²) in [7, 11) is 0. The molecule has 1 aromatic heterocycles. The molecule has 7 heteroatoms. The van der Waals surface area contributed by atoms with Crippen molar-refractivity contribution in [3.8, 4) is 0 Å². The highest BCUT2D eigenvalue weighted by atomic mass is 32.1. The summed E-state index contributed by atoms with van der Waals surface area (Å²) in [6.45, 7) is 7.69. The second-order valence-electron chi connectivity index (χ2n) is 5.59. The molecule has 1 amide bonds. The fourth-order valence-corrected chi connectivity index (χ4v) is 4.21. The average Bonchev–Trinajstić information content (AvgIpc) is 2.81. The van der Waals surface area contributed by atoms with Crippen LogP contribution in [-0.2, 0) is 17.7 Å². The van der Waals surface area contributed by atoms with E-state index in [1.807, 2.05) is 0 Å². The average molecular weight is 310 g/mol. The summed E-state index contributed by atoms with van der Waals surface area (Å²) in [4.78, 5) is 17.6. The summed E-state index contributed by atoms with van der Waals surface area (Å²) in [5.74, 6) is -0.397. The van der Waals surface area contributed by atoms with Crippen LogP contribution in [0.2, 0.25) is 0 Å². The Morgan fingerprint density at radius 2 is 1.90 bits per heavy atom. The SMILES string of the molecule is NC(=O)c1c(N)sc2c1CCN(CCN1CCOCC1)C2. The number of amides is 1. The van der Waals surface area contributed by atoms with Crippen molar-refractivity contribution in [1.29, 1.82) is 0 Å². The summed E-state index contributed by atoms with van der Waals surface area (Å²) in [5, 5.41) is 0.572. The van der Waals surface area contributed by atoms with Gasteiger partial charge in [0.1, 0.15) is 0 Å². The first-order valence-electron chi connectivity index (χ1n) is 7.37. The lowest BCUT2D eigenvalue weighted by atomic mass is 10.0. The molecule has 0 aromatic carbocycles. The van der Waals surface area contributed by atoms with Gasteiger partial charge in [-0.2, -0.15) is 0 Å². The third kappa shape index (κ3) is 3.21.